The van der Waals surface area contributed by atoms with Crippen molar-refractivity contribution in [2.24, 2.45) is 17.8 Å². The van der Waals surface area contributed by atoms with Crippen molar-refractivity contribution in [3.05, 3.63) is 0 Å². The van der Waals surface area contributed by atoms with Crippen LogP contribution >= 0.6 is 0 Å². The van der Waals surface area contributed by atoms with Gasteiger partial charge in [0.25, 0.3) is 0 Å². The number of rotatable bonds is 19. The number of nitrogens with two attached hydrogens (primary N) is 1. The number of unbranched alkanes of at least 4 members (excludes halogenated alkanes) is 3. The molecule has 1 amide bonds. The van der Waals surface area contributed by atoms with Crippen molar-refractivity contribution >= 4 is 6.09 Å². The lowest BCUT2D eigenvalue weighted by atomic mass is 9.99. The summed E-state index contributed by atoms with van der Waals surface area (Å²) in [5.41, 5.74) is 5.89. The van der Waals surface area contributed by atoms with Gasteiger partial charge in [-0.2, -0.15) is 5.43 Å². The molecule has 30 heavy (non-hydrogen) atoms. The van der Waals surface area contributed by atoms with Crippen molar-refractivity contribution in [3.8, 4) is 0 Å². The van der Waals surface area contributed by atoms with Crippen molar-refractivity contribution in [2.45, 2.75) is 119 Å². The lowest BCUT2D eigenvalue weighted by Crippen LogP contribution is -2.94. The maximum atomic E-state index is 10.1. The minimum atomic E-state index is -1.16. The number of hydrogen-bond acceptors (Lipinski definition) is 3. The molecule has 0 radical (unpaired) electrons. The van der Waals surface area contributed by atoms with Gasteiger partial charge < -0.3 is 15.2 Å². The average Bonchev–Trinajstić information content (AvgIpc) is 2.75. The highest BCUT2D eigenvalue weighted by Crippen LogP contribution is 2.12. The van der Waals surface area contributed by atoms with Crippen LogP contribution in [-0.4, -0.2) is 25.7 Å². The number of carbonyl (C=O) groups is 1. The molecule has 0 heterocycles. The van der Waals surface area contributed by atoms with Crippen LogP contribution in [0.3, 0.4) is 0 Å². The van der Waals surface area contributed by atoms with E-state index in [-0.39, 0.29) is 0 Å². The maximum Gasteiger partial charge on any atom is 0.134 e. The van der Waals surface area contributed by atoms with Gasteiger partial charge in [-0.25, -0.2) is 0 Å². The second kappa shape index (κ2) is 24.5. The molecule has 0 aromatic rings. The molecule has 5 nitrogen and oxygen atoms in total. The zero-order chi connectivity index (χ0) is 23.0. The molecule has 0 fully saturated rings. The Hall–Kier alpha value is -0.810. The Morgan fingerprint density at radius 1 is 0.733 bits per heavy atom. The molecule has 0 aromatic heterocycles. The van der Waals surface area contributed by atoms with E-state index in [9.17, 15) is 9.90 Å². The Bertz CT molecular complexity index is 335. The third-order valence-corrected chi connectivity index (χ3v) is 6.17. The van der Waals surface area contributed by atoms with Gasteiger partial charge in [0.15, 0.2) is 0 Å². The van der Waals surface area contributed by atoms with Crippen LogP contribution in [-0.2, 0) is 0 Å². The Morgan fingerprint density at radius 2 is 1.17 bits per heavy atom. The van der Waals surface area contributed by atoms with Crippen LogP contribution in [0.1, 0.15) is 119 Å². The molecular weight excluding hydrogens is 374 g/mol. The summed E-state index contributed by atoms with van der Waals surface area (Å²) in [4.78, 5) is 10.1. The van der Waals surface area contributed by atoms with Gasteiger partial charge in [0.2, 0.25) is 0 Å². The van der Waals surface area contributed by atoms with E-state index in [0.29, 0.717) is 12.5 Å². The van der Waals surface area contributed by atoms with E-state index in [1.807, 2.05) is 0 Å². The second-order valence-electron chi connectivity index (χ2n) is 8.77. The number of hydrogen-bond donors (Lipinski definition) is 3. The predicted octanol–water partition coefficient (Wildman–Crippen LogP) is 4.62. The molecule has 182 valence electrons. The van der Waals surface area contributed by atoms with E-state index in [4.69, 9.17) is 0 Å². The van der Waals surface area contributed by atoms with Gasteiger partial charge in [0.05, 0.1) is 6.54 Å². The summed E-state index contributed by atoms with van der Waals surface area (Å²) in [5.74, 6) is 2.24. The smallest absolute Gasteiger partial charge is 0.134 e. The lowest BCUT2D eigenvalue weighted by Gasteiger charge is -2.16. The zero-order valence-corrected chi connectivity index (χ0v) is 21.2. The summed E-state index contributed by atoms with van der Waals surface area (Å²) < 4.78 is 0. The highest BCUT2D eigenvalue weighted by molar-refractivity contribution is 5.61. The highest BCUT2D eigenvalue weighted by atomic mass is 16.4. The maximum absolute atomic E-state index is 10.1. The quantitative estimate of drug-likeness (QED) is 0.159. The first kappa shape index (κ1) is 31.4. The van der Waals surface area contributed by atoms with Gasteiger partial charge in [-0.3, -0.25) is 5.43 Å². The minimum Gasteiger partial charge on any atom is -0.530 e. The fourth-order valence-electron chi connectivity index (χ4n) is 3.60. The predicted molar refractivity (Wildman–Crippen MR) is 128 cm³/mol. The molecule has 0 spiro atoms. The number of carbonyl (C=O) groups excluding carboxylic acids is 1. The molecule has 5 heteroatoms. The Kier molecular flexibility index (Phi) is 25.6. The standard InChI is InChI=1S/C16H36N2.C9H19NO2/c1-5-9-11-15(7-3)13-17-18-14-16(8-4)12-10-6-2;1-3-5-6-8(4-2)7-10-9(11)12/h15-18H,5-14H2,1-4H3;8,10H,3-7H2,1-2H3,(H,11,12). The van der Waals surface area contributed by atoms with E-state index in [0.717, 1.165) is 24.7 Å². The lowest BCUT2D eigenvalue weighted by molar-refractivity contribution is -0.716. The molecule has 0 saturated heterocycles. The van der Waals surface area contributed by atoms with Crippen molar-refractivity contribution in [3.63, 3.8) is 0 Å². The van der Waals surface area contributed by atoms with Gasteiger partial charge in [-0.1, -0.05) is 92.9 Å². The monoisotopic (exact) mass is 429 g/mol. The number of carboxylic acid groups (broad SMARTS) is 1. The summed E-state index contributed by atoms with van der Waals surface area (Å²) in [5, 5.41) is 12.4. The topological polar surface area (TPSA) is 80.8 Å². The van der Waals surface area contributed by atoms with E-state index in [1.165, 1.54) is 77.3 Å². The zero-order valence-electron chi connectivity index (χ0n) is 21.2. The van der Waals surface area contributed by atoms with E-state index < -0.39 is 6.09 Å². The third kappa shape index (κ3) is 21.9. The first-order valence-electron chi connectivity index (χ1n) is 13.0. The molecule has 0 aliphatic rings. The molecule has 0 aromatic carbocycles. The Labute approximate surface area is 188 Å². The van der Waals surface area contributed by atoms with Crippen LogP contribution in [0.15, 0.2) is 0 Å². The van der Waals surface area contributed by atoms with Crippen molar-refractivity contribution in [2.75, 3.05) is 19.6 Å². The van der Waals surface area contributed by atoms with Crippen LogP contribution < -0.4 is 21.3 Å². The van der Waals surface area contributed by atoms with Crippen molar-refractivity contribution in [1.82, 2.24) is 10.7 Å². The Balaban J connectivity index is 0. The van der Waals surface area contributed by atoms with Gasteiger partial charge >= 0.3 is 0 Å². The number of nitrogens with one attached hydrogen (secondary N) is 2. The molecule has 3 atom stereocenters. The molecule has 0 saturated carbocycles. The van der Waals surface area contributed by atoms with Gasteiger partial charge in [0.1, 0.15) is 6.09 Å². The van der Waals surface area contributed by atoms with Gasteiger partial charge in [0, 0.05) is 19.0 Å². The van der Waals surface area contributed by atoms with Crippen molar-refractivity contribution < 1.29 is 15.3 Å². The van der Waals surface area contributed by atoms with Crippen LogP contribution in [0.4, 0.5) is 4.79 Å². The Morgan fingerprint density at radius 3 is 1.57 bits per heavy atom. The first-order valence-corrected chi connectivity index (χ1v) is 13.0. The largest absolute Gasteiger partial charge is 0.530 e. The molecule has 0 rings (SSSR count). The van der Waals surface area contributed by atoms with Crippen LogP contribution in [0, 0.1) is 17.8 Å². The first-order chi connectivity index (χ1) is 14.5. The average molecular weight is 430 g/mol. The van der Waals surface area contributed by atoms with Crippen LogP contribution in [0.2, 0.25) is 0 Å². The summed E-state index contributed by atoms with van der Waals surface area (Å²) in [6.45, 7) is 16.4. The van der Waals surface area contributed by atoms with Crippen molar-refractivity contribution in [1.29, 1.82) is 0 Å². The van der Waals surface area contributed by atoms with Gasteiger partial charge in [-0.05, 0) is 37.5 Å². The summed E-state index contributed by atoms with van der Waals surface area (Å²) >= 11 is 0. The fraction of sp³-hybridized carbons (Fsp3) is 0.960. The van der Waals surface area contributed by atoms with E-state index in [2.05, 4.69) is 57.7 Å². The molecule has 0 bridgehead atoms. The fourth-order valence-corrected chi connectivity index (χ4v) is 3.60. The van der Waals surface area contributed by atoms with Crippen LogP contribution in [0.25, 0.3) is 0 Å². The molecule has 0 aliphatic carbocycles. The van der Waals surface area contributed by atoms with Gasteiger partial charge in [-0.15, -0.1) is 0 Å². The summed E-state index contributed by atoms with van der Waals surface area (Å²) in [6, 6.07) is 0. The van der Waals surface area contributed by atoms with E-state index >= 15 is 0 Å². The SMILES string of the molecule is CCCCC(CC)CNC(=O)[O-].CCCCC(CC)CN[NH2+]CC(CC)CCCC. The minimum absolute atomic E-state index is 0.475. The second-order valence-corrected chi connectivity index (χ2v) is 8.77. The normalized spacial score (nSPS) is 13.8. The molecular formula is C25H55N3O2. The third-order valence-electron chi connectivity index (χ3n) is 6.17. The van der Waals surface area contributed by atoms with Crippen LogP contribution in [0.5, 0.6) is 0 Å². The number of quaternary nitrogens is 1. The highest BCUT2D eigenvalue weighted by Gasteiger charge is 2.09. The summed E-state index contributed by atoms with van der Waals surface area (Å²) in [7, 11) is 0. The molecule has 3 unspecified atom stereocenters. The van der Waals surface area contributed by atoms with E-state index in [1.54, 1.807) is 0 Å². The summed E-state index contributed by atoms with van der Waals surface area (Å²) in [6.07, 6.45) is 14.2. The number of amides is 1. The molecule has 0 aliphatic heterocycles. The molecule has 4 N–H and O–H groups in total.